The molecule has 1 atom stereocenters. The molecule has 0 aliphatic rings. The van der Waals surface area contributed by atoms with Crippen molar-refractivity contribution in [2.45, 2.75) is 13.3 Å². The summed E-state index contributed by atoms with van der Waals surface area (Å²) in [5.74, 6) is -0.412. The summed E-state index contributed by atoms with van der Waals surface area (Å²) in [4.78, 5) is 11.0. The van der Waals surface area contributed by atoms with Crippen molar-refractivity contribution in [1.82, 2.24) is 5.16 Å². The van der Waals surface area contributed by atoms with E-state index in [4.69, 9.17) is 10.3 Å². The minimum absolute atomic E-state index is 0.142. The van der Waals surface area contributed by atoms with Gasteiger partial charge in [0.05, 0.1) is 6.20 Å². The second kappa shape index (κ2) is 4.82. The Labute approximate surface area is 99.4 Å². The maximum absolute atomic E-state index is 11.0. The molecular weight excluding hydrogens is 216 g/mol. The van der Waals surface area contributed by atoms with E-state index < -0.39 is 0 Å². The van der Waals surface area contributed by atoms with Gasteiger partial charge in [0.2, 0.25) is 5.91 Å². The van der Waals surface area contributed by atoms with Crippen LogP contribution in [0.5, 0.6) is 0 Å². The van der Waals surface area contributed by atoms with Gasteiger partial charge in [0.25, 0.3) is 0 Å². The Morgan fingerprint density at radius 1 is 1.35 bits per heavy atom. The van der Waals surface area contributed by atoms with E-state index >= 15 is 0 Å². The topological polar surface area (TPSA) is 69.1 Å². The third-order valence-corrected chi connectivity index (χ3v) is 2.75. The first-order valence-corrected chi connectivity index (χ1v) is 5.45. The van der Waals surface area contributed by atoms with Crippen LogP contribution in [0.3, 0.4) is 0 Å². The van der Waals surface area contributed by atoms with Crippen molar-refractivity contribution in [2.75, 3.05) is 0 Å². The lowest BCUT2D eigenvalue weighted by Crippen LogP contribution is -2.22. The molecule has 88 valence electrons. The van der Waals surface area contributed by atoms with Crippen LogP contribution in [0, 0.1) is 5.92 Å². The molecule has 0 aliphatic carbocycles. The lowest BCUT2D eigenvalue weighted by Gasteiger charge is -2.07. The fourth-order valence-electron chi connectivity index (χ4n) is 1.63. The van der Waals surface area contributed by atoms with Crippen LogP contribution in [-0.2, 0) is 11.2 Å². The van der Waals surface area contributed by atoms with Gasteiger partial charge in [-0.25, -0.2) is 0 Å². The van der Waals surface area contributed by atoms with Gasteiger partial charge < -0.3 is 10.3 Å². The van der Waals surface area contributed by atoms with Gasteiger partial charge in [-0.05, 0) is 17.5 Å². The van der Waals surface area contributed by atoms with Crippen molar-refractivity contribution in [3.8, 4) is 11.1 Å². The molecule has 0 saturated heterocycles. The van der Waals surface area contributed by atoms with E-state index in [0.29, 0.717) is 6.42 Å². The summed E-state index contributed by atoms with van der Waals surface area (Å²) in [6.45, 7) is 1.83. The fourth-order valence-corrected chi connectivity index (χ4v) is 1.63. The molecular formula is C13H14N2O2. The third kappa shape index (κ3) is 2.72. The highest BCUT2D eigenvalue weighted by Gasteiger charge is 2.09. The lowest BCUT2D eigenvalue weighted by atomic mass is 9.99. The van der Waals surface area contributed by atoms with Gasteiger partial charge in [0.1, 0.15) is 6.26 Å². The zero-order valence-electron chi connectivity index (χ0n) is 9.59. The first-order valence-electron chi connectivity index (χ1n) is 5.45. The Morgan fingerprint density at radius 3 is 2.59 bits per heavy atom. The molecule has 0 fully saturated rings. The molecule has 0 radical (unpaired) electrons. The first-order chi connectivity index (χ1) is 8.16. The standard InChI is InChI=1S/C13H14N2O2/c1-9(13(14)16)6-10-2-4-11(5-3-10)12-7-15-17-8-12/h2-5,7-9H,6H2,1H3,(H2,14,16). The molecule has 0 aliphatic heterocycles. The largest absolute Gasteiger partial charge is 0.369 e. The summed E-state index contributed by atoms with van der Waals surface area (Å²) in [6.07, 6.45) is 3.93. The van der Waals surface area contributed by atoms with Crippen LogP contribution in [0.15, 0.2) is 41.2 Å². The van der Waals surface area contributed by atoms with Crippen LogP contribution in [0.25, 0.3) is 11.1 Å². The molecule has 1 amide bonds. The summed E-state index contributed by atoms with van der Waals surface area (Å²) >= 11 is 0. The van der Waals surface area contributed by atoms with Gasteiger partial charge in [0, 0.05) is 11.5 Å². The normalized spacial score (nSPS) is 12.3. The molecule has 1 aromatic carbocycles. The molecule has 4 heteroatoms. The van der Waals surface area contributed by atoms with Crippen molar-refractivity contribution in [3.63, 3.8) is 0 Å². The van der Waals surface area contributed by atoms with E-state index in [1.54, 1.807) is 12.5 Å². The second-order valence-corrected chi connectivity index (χ2v) is 4.12. The summed E-state index contributed by atoms with van der Waals surface area (Å²) < 4.78 is 4.78. The number of rotatable bonds is 4. The SMILES string of the molecule is CC(Cc1ccc(-c2cnoc2)cc1)C(N)=O. The Morgan fingerprint density at radius 2 is 2.06 bits per heavy atom. The number of carbonyl (C=O) groups excluding carboxylic acids is 1. The summed E-state index contributed by atoms with van der Waals surface area (Å²) in [5.41, 5.74) is 8.31. The predicted octanol–water partition coefficient (Wildman–Crippen LogP) is 2.01. The van der Waals surface area contributed by atoms with Crippen molar-refractivity contribution in [3.05, 3.63) is 42.3 Å². The third-order valence-electron chi connectivity index (χ3n) is 2.75. The number of nitrogens with zero attached hydrogens (tertiary/aromatic N) is 1. The van der Waals surface area contributed by atoms with Crippen LogP contribution in [0.2, 0.25) is 0 Å². The fraction of sp³-hybridized carbons (Fsp3) is 0.231. The average Bonchev–Trinajstić information content (AvgIpc) is 2.83. The van der Waals surface area contributed by atoms with Crippen LogP contribution >= 0.6 is 0 Å². The average molecular weight is 230 g/mol. The zero-order valence-corrected chi connectivity index (χ0v) is 9.59. The summed E-state index contributed by atoms with van der Waals surface area (Å²) in [7, 11) is 0. The highest BCUT2D eigenvalue weighted by Crippen LogP contribution is 2.19. The van der Waals surface area contributed by atoms with Crippen molar-refractivity contribution >= 4 is 5.91 Å². The number of benzene rings is 1. The first kappa shape index (κ1) is 11.4. The van der Waals surface area contributed by atoms with Gasteiger partial charge in [-0.15, -0.1) is 0 Å². The minimum atomic E-state index is -0.270. The minimum Gasteiger partial charge on any atom is -0.369 e. The molecule has 2 N–H and O–H groups in total. The second-order valence-electron chi connectivity index (χ2n) is 4.12. The van der Waals surface area contributed by atoms with E-state index in [1.807, 2.05) is 31.2 Å². The number of aromatic nitrogens is 1. The quantitative estimate of drug-likeness (QED) is 0.873. The van der Waals surface area contributed by atoms with Crippen LogP contribution in [-0.4, -0.2) is 11.1 Å². The number of hydrogen-bond donors (Lipinski definition) is 1. The van der Waals surface area contributed by atoms with Crippen LogP contribution < -0.4 is 5.73 Å². The Bertz CT molecular complexity index is 489. The number of hydrogen-bond acceptors (Lipinski definition) is 3. The molecule has 1 aromatic heterocycles. The van der Waals surface area contributed by atoms with E-state index in [0.717, 1.165) is 16.7 Å². The molecule has 1 unspecified atom stereocenters. The molecule has 0 bridgehead atoms. The Kier molecular flexibility index (Phi) is 3.23. The van der Waals surface area contributed by atoms with Crippen molar-refractivity contribution in [1.29, 1.82) is 0 Å². The van der Waals surface area contributed by atoms with E-state index in [-0.39, 0.29) is 11.8 Å². The molecule has 4 nitrogen and oxygen atoms in total. The number of carbonyl (C=O) groups is 1. The van der Waals surface area contributed by atoms with Crippen molar-refractivity contribution in [2.24, 2.45) is 11.7 Å². The van der Waals surface area contributed by atoms with E-state index in [9.17, 15) is 4.79 Å². The van der Waals surface area contributed by atoms with Gasteiger partial charge in [-0.3, -0.25) is 4.79 Å². The van der Waals surface area contributed by atoms with E-state index in [2.05, 4.69) is 5.16 Å². The van der Waals surface area contributed by atoms with Gasteiger partial charge in [-0.2, -0.15) is 0 Å². The number of amides is 1. The highest BCUT2D eigenvalue weighted by molar-refractivity contribution is 5.76. The molecule has 1 heterocycles. The van der Waals surface area contributed by atoms with Crippen molar-refractivity contribution < 1.29 is 9.32 Å². The maximum atomic E-state index is 11.0. The Hall–Kier alpha value is -2.10. The monoisotopic (exact) mass is 230 g/mol. The molecule has 2 rings (SSSR count). The van der Waals surface area contributed by atoms with Crippen LogP contribution in [0.4, 0.5) is 0 Å². The zero-order chi connectivity index (χ0) is 12.3. The summed E-state index contributed by atoms with van der Waals surface area (Å²) in [6, 6.07) is 7.94. The van der Waals surface area contributed by atoms with Gasteiger partial charge in [0.15, 0.2) is 0 Å². The van der Waals surface area contributed by atoms with Gasteiger partial charge >= 0.3 is 0 Å². The number of nitrogens with two attached hydrogens (primary N) is 1. The molecule has 0 saturated carbocycles. The molecule has 0 spiro atoms. The predicted molar refractivity (Wildman–Crippen MR) is 64.0 cm³/mol. The number of primary amides is 1. The van der Waals surface area contributed by atoms with Crippen LogP contribution in [0.1, 0.15) is 12.5 Å². The Balaban J connectivity index is 2.11. The maximum Gasteiger partial charge on any atom is 0.220 e. The lowest BCUT2D eigenvalue weighted by molar-refractivity contribution is -0.121. The van der Waals surface area contributed by atoms with E-state index in [1.165, 1.54) is 0 Å². The van der Waals surface area contributed by atoms with Gasteiger partial charge in [-0.1, -0.05) is 36.3 Å². The smallest absolute Gasteiger partial charge is 0.220 e. The summed E-state index contributed by atoms with van der Waals surface area (Å²) in [5, 5.41) is 3.66. The highest BCUT2D eigenvalue weighted by atomic mass is 16.5. The molecule has 2 aromatic rings. The molecule has 17 heavy (non-hydrogen) atoms.